The highest BCUT2D eigenvalue weighted by atomic mass is 19.1. The van der Waals surface area contributed by atoms with Gasteiger partial charge in [-0.1, -0.05) is 18.2 Å². The van der Waals surface area contributed by atoms with Crippen LogP contribution < -0.4 is 16.4 Å². The molecule has 1 heterocycles. The Morgan fingerprint density at radius 1 is 1.38 bits per heavy atom. The minimum Gasteiger partial charge on any atom is -0.379 e. The molecule has 0 aliphatic carbocycles. The standard InChI is InChI=1S/C16H22FN3O4/c17-12-4-2-1-3-11(12)5-7-19-16(22)20-13-9-23-8-6-14(13)24-10-15(18)21/h1-4,13-14H,5-10H2,(H2,18,21)(H2,19,20,22)/t13-,14+/m1/s1. The Bertz CT molecular complexity index is 570. The summed E-state index contributed by atoms with van der Waals surface area (Å²) < 4.78 is 24.2. The van der Waals surface area contributed by atoms with Crippen molar-refractivity contribution >= 4 is 11.9 Å². The molecule has 8 heteroatoms. The number of amides is 3. The lowest BCUT2D eigenvalue weighted by atomic mass is 10.1. The second-order valence-corrected chi connectivity index (χ2v) is 5.53. The molecule has 0 radical (unpaired) electrons. The molecule has 0 saturated carbocycles. The zero-order chi connectivity index (χ0) is 17.4. The van der Waals surface area contributed by atoms with Crippen LogP contribution in [-0.4, -0.2) is 50.4 Å². The van der Waals surface area contributed by atoms with Gasteiger partial charge in [-0.25, -0.2) is 9.18 Å². The summed E-state index contributed by atoms with van der Waals surface area (Å²) in [6.07, 6.45) is 0.625. The summed E-state index contributed by atoms with van der Waals surface area (Å²) in [4.78, 5) is 22.8. The first kappa shape index (κ1) is 18.2. The molecule has 1 aliphatic rings. The molecule has 1 aromatic carbocycles. The molecular weight excluding hydrogens is 317 g/mol. The minimum absolute atomic E-state index is 0.197. The highest BCUT2D eigenvalue weighted by Crippen LogP contribution is 2.12. The van der Waals surface area contributed by atoms with Crippen LogP contribution in [-0.2, 0) is 20.7 Å². The van der Waals surface area contributed by atoms with E-state index in [1.165, 1.54) is 6.07 Å². The van der Waals surface area contributed by atoms with Crippen LogP contribution in [0.4, 0.5) is 9.18 Å². The second-order valence-electron chi connectivity index (χ2n) is 5.53. The van der Waals surface area contributed by atoms with Gasteiger partial charge in [0.25, 0.3) is 0 Å². The van der Waals surface area contributed by atoms with Gasteiger partial charge >= 0.3 is 6.03 Å². The molecule has 1 fully saturated rings. The van der Waals surface area contributed by atoms with E-state index in [0.717, 1.165) is 0 Å². The predicted octanol–water partition coefficient (Wildman–Crippen LogP) is 0.327. The van der Waals surface area contributed by atoms with Crippen LogP contribution in [0.15, 0.2) is 24.3 Å². The van der Waals surface area contributed by atoms with Crippen LogP contribution in [0.3, 0.4) is 0 Å². The van der Waals surface area contributed by atoms with E-state index in [4.69, 9.17) is 15.2 Å². The molecule has 2 rings (SSSR count). The molecule has 24 heavy (non-hydrogen) atoms. The number of urea groups is 1. The Hall–Kier alpha value is -2.19. The maximum atomic E-state index is 13.5. The van der Waals surface area contributed by atoms with Gasteiger partial charge in [-0.05, 0) is 24.5 Å². The third kappa shape index (κ3) is 5.78. The maximum Gasteiger partial charge on any atom is 0.315 e. The number of nitrogens with two attached hydrogens (primary N) is 1. The number of carbonyl (C=O) groups excluding carboxylic acids is 2. The molecule has 0 bridgehead atoms. The molecular formula is C16H22FN3O4. The van der Waals surface area contributed by atoms with Crippen molar-refractivity contribution < 1.29 is 23.5 Å². The zero-order valence-corrected chi connectivity index (χ0v) is 13.3. The fourth-order valence-corrected chi connectivity index (χ4v) is 2.47. The van der Waals surface area contributed by atoms with Gasteiger partial charge in [0, 0.05) is 13.2 Å². The number of rotatable bonds is 7. The first-order chi connectivity index (χ1) is 11.6. The molecule has 0 aromatic heterocycles. The summed E-state index contributed by atoms with van der Waals surface area (Å²) in [6, 6.07) is 5.67. The van der Waals surface area contributed by atoms with E-state index >= 15 is 0 Å². The van der Waals surface area contributed by atoms with Crippen molar-refractivity contribution in [2.45, 2.75) is 25.0 Å². The first-order valence-electron chi connectivity index (χ1n) is 7.81. The summed E-state index contributed by atoms with van der Waals surface area (Å²) in [6.45, 7) is 0.894. The highest BCUT2D eigenvalue weighted by Gasteiger charge is 2.28. The summed E-state index contributed by atoms with van der Waals surface area (Å²) in [5.74, 6) is -0.852. The molecule has 7 nitrogen and oxygen atoms in total. The Kier molecular flexibility index (Phi) is 6.95. The molecule has 4 N–H and O–H groups in total. The van der Waals surface area contributed by atoms with Gasteiger partial charge in [-0.3, -0.25) is 4.79 Å². The monoisotopic (exact) mass is 339 g/mol. The lowest BCUT2D eigenvalue weighted by Gasteiger charge is -2.31. The number of halogens is 1. The topological polar surface area (TPSA) is 103 Å². The zero-order valence-electron chi connectivity index (χ0n) is 13.3. The van der Waals surface area contributed by atoms with Crippen LogP contribution in [0.1, 0.15) is 12.0 Å². The lowest BCUT2D eigenvalue weighted by Crippen LogP contribution is -2.53. The number of nitrogens with one attached hydrogen (secondary N) is 2. The summed E-state index contributed by atoms with van der Waals surface area (Å²) in [5, 5.41) is 5.42. The van der Waals surface area contributed by atoms with E-state index in [1.54, 1.807) is 18.2 Å². The predicted molar refractivity (Wildman–Crippen MR) is 84.8 cm³/mol. The Labute approximate surface area is 139 Å². The van der Waals surface area contributed by atoms with E-state index in [9.17, 15) is 14.0 Å². The van der Waals surface area contributed by atoms with Crippen molar-refractivity contribution in [3.8, 4) is 0 Å². The van der Waals surface area contributed by atoms with Gasteiger partial charge in [0.2, 0.25) is 5.91 Å². The van der Waals surface area contributed by atoms with E-state index in [-0.39, 0.29) is 24.6 Å². The fraction of sp³-hybridized carbons (Fsp3) is 0.500. The highest BCUT2D eigenvalue weighted by molar-refractivity contribution is 5.75. The largest absolute Gasteiger partial charge is 0.379 e. The summed E-state index contributed by atoms with van der Waals surface area (Å²) in [5.41, 5.74) is 5.61. The average molecular weight is 339 g/mol. The van der Waals surface area contributed by atoms with E-state index in [1.807, 2.05) is 0 Å². The second kappa shape index (κ2) is 9.19. The third-order valence-corrected chi connectivity index (χ3v) is 3.69. The molecule has 1 aliphatic heterocycles. The van der Waals surface area contributed by atoms with Crippen LogP contribution in [0.5, 0.6) is 0 Å². The number of primary amides is 1. The first-order valence-corrected chi connectivity index (χ1v) is 7.81. The van der Waals surface area contributed by atoms with Crippen molar-refractivity contribution in [1.82, 2.24) is 10.6 Å². The Morgan fingerprint density at radius 2 is 2.17 bits per heavy atom. The van der Waals surface area contributed by atoms with Crippen LogP contribution >= 0.6 is 0 Å². The van der Waals surface area contributed by atoms with Crippen molar-refractivity contribution in [3.63, 3.8) is 0 Å². The van der Waals surface area contributed by atoms with Crippen molar-refractivity contribution in [2.75, 3.05) is 26.4 Å². The molecule has 3 amide bonds. The summed E-state index contributed by atoms with van der Waals surface area (Å²) >= 11 is 0. The van der Waals surface area contributed by atoms with Crippen LogP contribution in [0, 0.1) is 5.82 Å². The Balaban J connectivity index is 1.75. The van der Waals surface area contributed by atoms with Crippen LogP contribution in [0.25, 0.3) is 0 Å². The minimum atomic E-state index is -0.561. The molecule has 0 unspecified atom stereocenters. The lowest BCUT2D eigenvalue weighted by molar-refractivity contribution is -0.128. The summed E-state index contributed by atoms with van der Waals surface area (Å²) in [7, 11) is 0. The quantitative estimate of drug-likeness (QED) is 0.666. The smallest absolute Gasteiger partial charge is 0.315 e. The molecule has 2 atom stereocenters. The van der Waals surface area contributed by atoms with Gasteiger partial charge in [0.15, 0.2) is 0 Å². The normalized spacial score (nSPS) is 20.4. The van der Waals surface area contributed by atoms with Crippen molar-refractivity contribution in [1.29, 1.82) is 0 Å². The number of ether oxygens (including phenoxy) is 2. The fourth-order valence-electron chi connectivity index (χ4n) is 2.47. The average Bonchev–Trinajstić information content (AvgIpc) is 2.56. The van der Waals surface area contributed by atoms with Gasteiger partial charge in [0.1, 0.15) is 12.4 Å². The van der Waals surface area contributed by atoms with Gasteiger partial charge < -0.3 is 25.8 Å². The number of hydrogen-bond donors (Lipinski definition) is 3. The third-order valence-electron chi connectivity index (χ3n) is 3.69. The van der Waals surface area contributed by atoms with Crippen molar-refractivity contribution in [2.24, 2.45) is 5.73 Å². The van der Waals surface area contributed by atoms with Crippen molar-refractivity contribution in [3.05, 3.63) is 35.6 Å². The van der Waals surface area contributed by atoms with E-state index in [2.05, 4.69) is 10.6 Å². The van der Waals surface area contributed by atoms with Crippen LogP contribution in [0.2, 0.25) is 0 Å². The molecule has 132 valence electrons. The van der Waals surface area contributed by atoms with Gasteiger partial charge in [0.05, 0.1) is 18.8 Å². The number of carbonyl (C=O) groups is 2. The van der Waals surface area contributed by atoms with E-state index < -0.39 is 11.9 Å². The Morgan fingerprint density at radius 3 is 2.92 bits per heavy atom. The molecule has 1 saturated heterocycles. The maximum absolute atomic E-state index is 13.5. The van der Waals surface area contributed by atoms with Gasteiger partial charge in [-0.2, -0.15) is 0 Å². The SMILES string of the molecule is NC(=O)CO[C@H]1CCOC[C@H]1NC(=O)NCCc1ccccc1F. The molecule has 0 spiro atoms. The number of hydrogen-bond acceptors (Lipinski definition) is 4. The van der Waals surface area contributed by atoms with Gasteiger partial charge in [-0.15, -0.1) is 0 Å². The number of benzene rings is 1. The van der Waals surface area contributed by atoms with E-state index in [0.29, 0.717) is 38.2 Å². The molecule has 1 aromatic rings.